The van der Waals surface area contributed by atoms with Gasteiger partial charge in [-0.3, -0.25) is 0 Å². The van der Waals surface area contributed by atoms with Crippen molar-refractivity contribution >= 4 is 28.7 Å². The van der Waals surface area contributed by atoms with Crippen LogP contribution in [0.3, 0.4) is 0 Å². The minimum atomic E-state index is -0.969. The number of hydrogen-bond donors (Lipinski definition) is 2. The van der Waals surface area contributed by atoms with Crippen LogP contribution in [0.25, 0.3) is 0 Å². The minimum Gasteiger partial charge on any atom is -0.478 e. The smallest absolute Gasteiger partial charge is 0.337 e. The highest BCUT2D eigenvalue weighted by Gasteiger charge is 2.30. The number of nitrogens with zero attached hydrogens (tertiary/aromatic N) is 1. The van der Waals surface area contributed by atoms with Gasteiger partial charge in [-0.2, -0.15) is 11.3 Å². The van der Waals surface area contributed by atoms with E-state index >= 15 is 0 Å². The first-order valence-corrected chi connectivity index (χ1v) is 7.91. The molecule has 0 amide bonds. The van der Waals surface area contributed by atoms with Gasteiger partial charge in [0.15, 0.2) is 0 Å². The van der Waals surface area contributed by atoms with E-state index in [1.807, 2.05) is 13.0 Å². The number of carboxylic acid groups (broad SMARTS) is 1. The number of rotatable bonds is 5. The molecule has 3 rings (SSSR count). The number of anilines is 2. The standard InChI is InChI=1S/C16H18N2O2S/c1-10-6-13(7-14(15(10)17)16(19)20)18(12-2-3-12)8-11-4-5-21-9-11/h4-7,9,12H,2-3,8,17H2,1H3,(H,19,20). The molecule has 1 aliphatic carbocycles. The summed E-state index contributed by atoms with van der Waals surface area (Å²) in [6.07, 6.45) is 2.33. The Hall–Kier alpha value is -2.01. The third-order valence-corrected chi connectivity index (χ3v) is 4.59. The van der Waals surface area contributed by atoms with Crippen molar-refractivity contribution in [3.05, 3.63) is 45.6 Å². The van der Waals surface area contributed by atoms with Crippen LogP contribution in [0, 0.1) is 6.92 Å². The molecule has 1 aromatic heterocycles. The maximum Gasteiger partial charge on any atom is 0.337 e. The number of aryl methyl sites for hydroxylation is 1. The van der Waals surface area contributed by atoms with Gasteiger partial charge in [-0.05, 0) is 59.9 Å². The lowest BCUT2D eigenvalue weighted by atomic mass is 10.1. The molecule has 0 bridgehead atoms. The molecule has 2 aromatic rings. The van der Waals surface area contributed by atoms with Crippen molar-refractivity contribution < 1.29 is 9.90 Å². The zero-order chi connectivity index (χ0) is 15.0. The maximum absolute atomic E-state index is 11.4. The summed E-state index contributed by atoms with van der Waals surface area (Å²) in [5.41, 5.74) is 9.47. The van der Waals surface area contributed by atoms with E-state index in [4.69, 9.17) is 5.73 Å². The van der Waals surface area contributed by atoms with Gasteiger partial charge in [-0.1, -0.05) is 0 Å². The summed E-state index contributed by atoms with van der Waals surface area (Å²) in [5.74, 6) is -0.969. The largest absolute Gasteiger partial charge is 0.478 e. The number of hydrogen-bond acceptors (Lipinski definition) is 4. The van der Waals surface area contributed by atoms with Gasteiger partial charge in [-0.25, -0.2) is 4.79 Å². The first-order chi connectivity index (χ1) is 10.1. The van der Waals surface area contributed by atoms with E-state index in [9.17, 15) is 9.90 Å². The van der Waals surface area contributed by atoms with Crippen LogP contribution >= 0.6 is 11.3 Å². The highest BCUT2D eigenvalue weighted by atomic mass is 32.1. The summed E-state index contributed by atoms with van der Waals surface area (Å²) in [6.45, 7) is 2.68. The van der Waals surface area contributed by atoms with Crippen molar-refractivity contribution in [3.63, 3.8) is 0 Å². The summed E-state index contributed by atoms with van der Waals surface area (Å²) < 4.78 is 0. The molecule has 110 valence electrons. The number of carbonyl (C=O) groups is 1. The van der Waals surface area contributed by atoms with Crippen LogP contribution in [0.1, 0.15) is 34.3 Å². The number of benzene rings is 1. The molecular weight excluding hydrogens is 284 g/mol. The van der Waals surface area contributed by atoms with Gasteiger partial charge < -0.3 is 15.7 Å². The van der Waals surface area contributed by atoms with Gasteiger partial charge in [0, 0.05) is 24.0 Å². The molecule has 1 fully saturated rings. The van der Waals surface area contributed by atoms with E-state index in [2.05, 4.69) is 21.7 Å². The van der Waals surface area contributed by atoms with Gasteiger partial charge in [-0.15, -0.1) is 0 Å². The van der Waals surface area contributed by atoms with E-state index in [0.29, 0.717) is 11.7 Å². The molecule has 0 unspecified atom stereocenters. The number of nitrogens with two attached hydrogens (primary N) is 1. The quantitative estimate of drug-likeness (QED) is 0.830. The Morgan fingerprint density at radius 2 is 2.24 bits per heavy atom. The van der Waals surface area contributed by atoms with Crippen LogP contribution in [0.4, 0.5) is 11.4 Å². The Balaban J connectivity index is 1.97. The third-order valence-electron chi connectivity index (χ3n) is 3.85. The molecule has 3 N–H and O–H groups in total. The minimum absolute atomic E-state index is 0.195. The predicted octanol–water partition coefficient (Wildman–Crippen LogP) is 3.51. The van der Waals surface area contributed by atoms with Crippen LogP contribution in [-0.2, 0) is 6.54 Å². The Morgan fingerprint density at radius 1 is 1.48 bits per heavy atom. The molecule has 1 heterocycles. The normalized spacial score (nSPS) is 14.1. The lowest BCUT2D eigenvalue weighted by Gasteiger charge is -2.25. The van der Waals surface area contributed by atoms with E-state index < -0.39 is 5.97 Å². The Kier molecular flexibility index (Phi) is 3.59. The van der Waals surface area contributed by atoms with E-state index in [1.165, 1.54) is 5.56 Å². The lowest BCUT2D eigenvalue weighted by Crippen LogP contribution is -2.25. The molecule has 0 saturated heterocycles. The van der Waals surface area contributed by atoms with Crippen LogP contribution in [-0.4, -0.2) is 17.1 Å². The summed E-state index contributed by atoms with van der Waals surface area (Å²) >= 11 is 1.68. The average molecular weight is 302 g/mol. The van der Waals surface area contributed by atoms with Gasteiger partial charge in [0.1, 0.15) is 0 Å². The van der Waals surface area contributed by atoms with Crippen molar-refractivity contribution in [2.75, 3.05) is 10.6 Å². The Morgan fingerprint density at radius 3 is 2.81 bits per heavy atom. The van der Waals surface area contributed by atoms with E-state index in [0.717, 1.165) is 30.6 Å². The highest BCUT2D eigenvalue weighted by Crippen LogP contribution is 2.35. The summed E-state index contributed by atoms with van der Waals surface area (Å²) in [5, 5.41) is 13.5. The Bertz CT molecular complexity index is 663. The second-order valence-electron chi connectivity index (χ2n) is 5.52. The van der Waals surface area contributed by atoms with Gasteiger partial charge in [0.05, 0.1) is 5.56 Å². The summed E-state index contributed by atoms with van der Waals surface area (Å²) in [7, 11) is 0. The van der Waals surface area contributed by atoms with Crippen molar-refractivity contribution in [1.29, 1.82) is 0 Å². The molecule has 1 saturated carbocycles. The molecule has 1 aromatic carbocycles. The monoisotopic (exact) mass is 302 g/mol. The second-order valence-corrected chi connectivity index (χ2v) is 6.30. The van der Waals surface area contributed by atoms with Crippen LogP contribution in [0.15, 0.2) is 29.0 Å². The Labute approximate surface area is 127 Å². The number of thiophene rings is 1. The lowest BCUT2D eigenvalue weighted by molar-refractivity contribution is 0.0698. The zero-order valence-corrected chi connectivity index (χ0v) is 12.7. The molecule has 21 heavy (non-hydrogen) atoms. The van der Waals surface area contributed by atoms with Crippen molar-refractivity contribution in [2.45, 2.75) is 32.4 Å². The molecular formula is C16H18N2O2S. The highest BCUT2D eigenvalue weighted by molar-refractivity contribution is 7.07. The first kappa shape index (κ1) is 13.9. The fourth-order valence-electron chi connectivity index (χ4n) is 2.52. The SMILES string of the molecule is Cc1cc(N(Cc2ccsc2)C2CC2)cc(C(=O)O)c1N. The van der Waals surface area contributed by atoms with Gasteiger partial charge in [0.25, 0.3) is 0 Å². The van der Waals surface area contributed by atoms with E-state index in [-0.39, 0.29) is 5.56 Å². The molecule has 4 nitrogen and oxygen atoms in total. The molecule has 0 aliphatic heterocycles. The van der Waals surface area contributed by atoms with Gasteiger partial charge >= 0.3 is 5.97 Å². The number of carboxylic acids is 1. The van der Waals surface area contributed by atoms with Crippen molar-refractivity contribution in [1.82, 2.24) is 0 Å². The molecule has 0 radical (unpaired) electrons. The van der Waals surface area contributed by atoms with Crippen LogP contribution in [0.5, 0.6) is 0 Å². The maximum atomic E-state index is 11.4. The third kappa shape index (κ3) is 2.88. The topological polar surface area (TPSA) is 66.6 Å². The fraction of sp³-hybridized carbons (Fsp3) is 0.312. The molecule has 5 heteroatoms. The number of nitrogen functional groups attached to an aromatic ring is 1. The van der Waals surface area contributed by atoms with Crippen LogP contribution < -0.4 is 10.6 Å². The predicted molar refractivity (Wildman–Crippen MR) is 86.1 cm³/mol. The summed E-state index contributed by atoms with van der Waals surface area (Å²) in [4.78, 5) is 13.6. The van der Waals surface area contributed by atoms with Crippen LogP contribution in [0.2, 0.25) is 0 Å². The average Bonchev–Trinajstić information content (AvgIpc) is 3.15. The van der Waals surface area contributed by atoms with Gasteiger partial charge in [0.2, 0.25) is 0 Å². The zero-order valence-electron chi connectivity index (χ0n) is 11.9. The fourth-order valence-corrected chi connectivity index (χ4v) is 3.18. The molecule has 0 atom stereocenters. The summed E-state index contributed by atoms with van der Waals surface area (Å²) in [6, 6.07) is 6.32. The van der Waals surface area contributed by atoms with E-state index in [1.54, 1.807) is 17.4 Å². The first-order valence-electron chi connectivity index (χ1n) is 6.97. The molecule has 1 aliphatic rings. The second kappa shape index (κ2) is 5.41. The molecule has 0 spiro atoms. The van der Waals surface area contributed by atoms with Crippen molar-refractivity contribution in [3.8, 4) is 0 Å². The number of aromatic carboxylic acids is 1. The van der Waals surface area contributed by atoms with Crippen molar-refractivity contribution in [2.24, 2.45) is 0 Å².